The van der Waals surface area contributed by atoms with E-state index in [2.05, 4.69) is 24.3 Å². The molecule has 2 atom stereocenters. The highest BCUT2D eigenvalue weighted by atomic mass is 35.5. The molecule has 0 unspecified atom stereocenters. The highest BCUT2D eigenvalue weighted by molar-refractivity contribution is 6.36. The summed E-state index contributed by atoms with van der Waals surface area (Å²) in [6.07, 6.45) is 1.13. The molecule has 1 fully saturated rings. The van der Waals surface area contributed by atoms with Crippen LogP contribution in [0.3, 0.4) is 0 Å². The summed E-state index contributed by atoms with van der Waals surface area (Å²) < 4.78 is 0. The predicted octanol–water partition coefficient (Wildman–Crippen LogP) is 4.11. The molecule has 0 aromatic heterocycles. The predicted molar refractivity (Wildman–Crippen MR) is 57.1 cm³/mol. The van der Waals surface area contributed by atoms with Crippen LogP contribution in [0, 0.1) is 5.92 Å². The monoisotopic (exact) mass is 212 g/mol. The second-order valence-corrected chi connectivity index (χ2v) is 4.01. The van der Waals surface area contributed by atoms with Crippen molar-refractivity contribution in [1.82, 2.24) is 0 Å². The molecule has 1 aliphatic carbocycles. The third-order valence-electron chi connectivity index (χ3n) is 2.48. The molecule has 1 aromatic carbocycles. The van der Waals surface area contributed by atoms with Crippen molar-refractivity contribution in [2.24, 2.45) is 5.92 Å². The number of benzene rings is 1. The lowest BCUT2D eigenvalue weighted by Gasteiger charge is -1.97. The molecule has 2 rings (SSSR count). The zero-order valence-electron chi connectivity index (χ0n) is 7.08. The van der Waals surface area contributed by atoms with Crippen LogP contribution >= 0.6 is 23.2 Å². The molecule has 0 heterocycles. The van der Waals surface area contributed by atoms with Crippen LogP contribution in [0.4, 0.5) is 0 Å². The Bertz CT molecular complexity index is 316. The average molecular weight is 213 g/mol. The van der Waals surface area contributed by atoms with Gasteiger partial charge in [0.25, 0.3) is 0 Å². The summed E-state index contributed by atoms with van der Waals surface area (Å²) >= 11 is 11.5. The van der Waals surface area contributed by atoms with E-state index in [9.17, 15) is 0 Å². The van der Waals surface area contributed by atoms with E-state index >= 15 is 0 Å². The SMILES string of the molecule is Cl/C=C(\Cl)[C@@H]1C[C@@H]1c1ccccc1. The summed E-state index contributed by atoms with van der Waals surface area (Å²) in [6.45, 7) is 0. The van der Waals surface area contributed by atoms with Crippen LogP contribution in [0.5, 0.6) is 0 Å². The van der Waals surface area contributed by atoms with E-state index in [1.54, 1.807) is 0 Å². The molecule has 0 amide bonds. The Morgan fingerprint density at radius 3 is 2.62 bits per heavy atom. The second-order valence-electron chi connectivity index (χ2n) is 3.35. The molecular weight excluding hydrogens is 203 g/mol. The van der Waals surface area contributed by atoms with Crippen LogP contribution in [0.15, 0.2) is 40.9 Å². The fourth-order valence-corrected chi connectivity index (χ4v) is 2.05. The minimum absolute atomic E-state index is 0.460. The van der Waals surface area contributed by atoms with Crippen LogP contribution in [0.25, 0.3) is 0 Å². The second kappa shape index (κ2) is 3.73. The van der Waals surface area contributed by atoms with E-state index in [0.717, 1.165) is 11.5 Å². The summed E-state index contributed by atoms with van der Waals surface area (Å²) in [6, 6.07) is 10.4. The van der Waals surface area contributed by atoms with Gasteiger partial charge in [-0.2, -0.15) is 0 Å². The lowest BCUT2D eigenvalue weighted by Crippen LogP contribution is -1.82. The van der Waals surface area contributed by atoms with Crippen LogP contribution in [0.2, 0.25) is 0 Å². The summed E-state index contributed by atoms with van der Waals surface area (Å²) in [5.74, 6) is 1.05. The molecule has 1 aliphatic rings. The average Bonchev–Trinajstić information content (AvgIpc) is 2.98. The highest BCUT2D eigenvalue weighted by Gasteiger charge is 2.40. The minimum Gasteiger partial charge on any atom is -0.0917 e. The molecule has 1 aromatic rings. The maximum atomic E-state index is 5.94. The summed E-state index contributed by atoms with van der Waals surface area (Å²) in [5, 5.41) is 0.788. The summed E-state index contributed by atoms with van der Waals surface area (Å²) in [4.78, 5) is 0. The molecule has 13 heavy (non-hydrogen) atoms. The van der Waals surface area contributed by atoms with Gasteiger partial charge in [0.1, 0.15) is 0 Å². The first-order chi connectivity index (χ1) is 6.33. The van der Waals surface area contributed by atoms with Gasteiger partial charge in [-0.1, -0.05) is 53.5 Å². The molecule has 0 aliphatic heterocycles. The van der Waals surface area contributed by atoms with Crippen LogP contribution < -0.4 is 0 Å². The van der Waals surface area contributed by atoms with Crippen molar-refractivity contribution in [2.75, 3.05) is 0 Å². The van der Waals surface area contributed by atoms with Crippen LogP contribution in [-0.2, 0) is 0 Å². The van der Waals surface area contributed by atoms with Gasteiger partial charge in [-0.25, -0.2) is 0 Å². The van der Waals surface area contributed by atoms with Crippen molar-refractivity contribution in [3.8, 4) is 0 Å². The van der Waals surface area contributed by atoms with Gasteiger partial charge in [-0.15, -0.1) is 0 Å². The fourth-order valence-electron chi connectivity index (χ4n) is 1.65. The molecule has 68 valence electrons. The Labute approximate surface area is 88.2 Å². The first kappa shape index (κ1) is 9.11. The van der Waals surface area contributed by atoms with Crippen LogP contribution in [0.1, 0.15) is 17.9 Å². The standard InChI is InChI=1S/C11H10Cl2/c12-7-11(13)10-6-9(10)8-4-2-1-3-5-8/h1-5,7,9-10H,6H2/b11-7-/t9-,10-/m1/s1. The maximum absolute atomic E-state index is 5.94. The normalized spacial score (nSPS) is 27.4. The van der Waals surface area contributed by atoms with Crippen molar-refractivity contribution in [3.05, 3.63) is 46.5 Å². The lowest BCUT2D eigenvalue weighted by molar-refractivity contribution is 0.996. The van der Waals surface area contributed by atoms with E-state index in [4.69, 9.17) is 23.2 Å². The van der Waals surface area contributed by atoms with E-state index < -0.39 is 0 Å². The van der Waals surface area contributed by atoms with E-state index in [1.165, 1.54) is 11.1 Å². The Morgan fingerprint density at radius 1 is 1.31 bits per heavy atom. The van der Waals surface area contributed by atoms with Gasteiger partial charge in [-0.3, -0.25) is 0 Å². The van der Waals surface area contributed by atoms with Gasteiger partial charge in [0.2, 0.25) is 0 Å². The molecule has 0 radical (unpaired) electrons. The summed E-state index contributed by atoms with van der Waals surface area (Å²) in [5.41, 5.74) is 2.85. The molecule has 0 bridgehead atoms. The smallest absolute Gasteiger partial charge is 0.0331 e. The lowest BCUT2D eigenvalue weighted by atomic mass is 10.1. The largest absolute Gasteiger partial charge is 0.0917 e. The first-order valence-electron chi connectivity index (χ1n) is 4.33. The molecule has 0 saturated heterocycles. The topological polar surface area (TPSA) is 0 Å². The van der Waals surface area contributed by atoms with Crippen molar-refractivity contribution >= 4 is 23.2 Å². The Kier molecular flexibility index (Phi) is 2.61. The Hall–Kier alpha value is -0.460. The molecule has 1 saturated carbocycles. The summed E-state index contributed by atoms with van der Waals surface area (Å²) in [7, 11) is 0. The minimum atomic E-state index is 0.460. The Morgan fingerprint density at radius 2 is 2.00 bits per heavy atom. The van der Waals surface area contributed by atoms with Gasteiger partial charge in [0.05, 0.1) is 0 Å². The van der Waals surface area contributed by atoms with E-state index in [0.29, 0.717) is 11.8 Å². The number of allylic oxidation sites excluding steroid dienone is 1. The van der Waals surface area contributed by atoms with Crippen LogP contribution in [-0.4, -0.2) is 0 Å². The number of halogens is 2. The van der Waals surface area contributed by atoms with E-state index in [1.807, 2.05) is 6.07 Å². The van der Waals surface area contributed by atoms with Gasteiger partial charge < -0.3 is 0 Å². The fraction of sp³-hybridized carbons (Fsp3) is 0.273. The number of rotatable bonds is 2. The molecule has 2 heteroatoms. The zero-order chi connectivity index (χ0) is 9.26. The zero-order valence-corrected chi connectivity index (χ0v) is 8.59. The van der Waals surface area contributed by atoms with Crippen molar-refractivity contribution in [3.63, 3.8) is 0 Å². The first-order valence-corrected chi connectivity index (χ1v) is 5.15. The van der Waals surface area contributed by atoms with Crippen molar-refractivity contribution < 1.29 is 0 Å². The molecule has 0 nitrogen and oxygen atoms in total. The number of hydrogen-bond donors (Lipinski definition) is 0. The Balaban J connectivity index is 2.09. The quantitative estimate of drug-likeness (QED) is 0.693. The van der Waals surface area contributed by atoms with Crippen molar-refractivity contribution in [2.45, 2.75) is 12.3 Å². The molecule has 0 spiro atoms. The third-order valence-corrected chi connectivity index (χ3v) is 3.21. The van der Waals surface area contributed by atoms with E-state index in [-0.39, 0.29) is 0 Å². The maximum Gasteiger partial charge on any atom is 0.0331 e. The van der Waals surface area contributed by atoms with Gasteiger partial charge in [0, 0.05) is 16.5 Å². The third kappa shape index (κ3) is 1.90. The van der Waals surface area contributed by atoms with Gasteiger partial charge in [-0.05, 0) is 17.9 Å². The van der Waals surface area contributed by atoms with Gasteiger partial charge >= 0.3 is 0 Å². The number of hydrogen-bond acceptors (Lipinski definition) is 0. The molecular formula is C11H10Cl2. The molecule has 0 N–H and O–H groups in total. The van der Waals surface area contributed by atoms with Crippen molar-refractivity contribution in [1.29, 1.82) is 0 Å². The highest BCUT2D eigenvalue weighted by Crippen LogP contribution is 2.52. The van der Waals surface area contributed by atoms with Gasteiger partial charge in [0.15, 0.2) is 0 Å².